The van der Waals surface area contributed by atoms with Crippen LogP contribution in [0.2, 0.25) is 0 Å². The molecular weight excluding hydrogens is 292 g/mol. The molecule has 1 aliphatic heterocycles. The first-order chi connectivity index (χ1) is 9.90. The van der Waals surface area contributed by atoms with E-state index in [0.29, 0.717) is 11.1 Å². The van der Waals surface area contributed by atoms with Gasteiger partial charge in [-0.25, -0.2) is 8.42 Å². The van der Waals surface area contributed by atoms with Gasteiger partial charge in [0.1, 0.15) is 0 Å². The highest BCUT2D eigenvalue weighted by Gasteiger charge is 2.35. The van der Waals surface area contributed by atoms with Gasteiger partial charge >= 0.3 is 0 Å². The van der Waals surface area contributed by atoms with E-state index in [4.69, 9.17) is 15.1 Å². The van der Waals surface area contributed by atoms with E-state index in [1.807, 2.05) is 6.07 Å². The second kappa shape index (κ2) is 6.12. The summed E-state index contributed by atoms with van der Waals surface area (Å²) < 4.78 is 32.1. The Morgan fingerprint density at radius 2 is 2.24 bits per heavy atom. The number of morpholine rings is 1. The van der Waals surface area contributed by atoms with Gasteiger partial charge in [-0.2, -0.15) is 9.57 Å². The molecule has 6 nitrogen and oxygen atoms in total. The fourth-order valence-corrected chi connectivity index (χ4v) is 4.03. The van der Waals surface area contributed by atoms with Gasteiger partial charge in [0.05, 0.1) is 35.8 Å². The Balaban J connectivity index is 2.37. The van der Waals surface area contributed by atoms with Crippen LogP contribution in [0.1, 0.15) is 18.1 Å². The van der Waals surface area contributed by atoms with E-state index < -0.39 is 16.1 Å². The molecular formula is C14H18N2O4S. The Kier molecular flexibility index (Phi) is 4.64. The number of ether oxygens (including phenoxy) is 1. The van der Waals surface area contributed by atoms with Gasteiger partial charge in [0, 0.05) is 12.6 Å². The van der Waals surface area contributed by atoms with Crippen molar-refractivity contribution in [2.45, 2.75) is 30.9 Å². The summed E-state index contributed by atoms with van der Waals surface area (Å²) in [6.07, 6.45) is -0.504. The molecule has 2 atom stereocenters. The van der Waals surface area contributed by atoms with Crippen molar-refractivity contribution in [3.8, 4) is 6.07 Å². The standard InChI is InChI=1S/C14H18N2O4S/c1-10-5-14(4-3-12(10)6-15)21(18,19)16-7-13(8-17)20-9-11(16)2/h3-5,11,13,17H,7-9H2,1-2H3. The van der Waals surface area contributed by atoms with E-state index in [2.05, 4.69) is 0 Å². The van der Waals surface area contributed by atoms with Gasteiger partial charge in [-0.1, -0.05) is 0 Å². The number of aliphatic hydroxyl groups is 1. The maximum atomic E-state index is 12.7. The Hall–Kier alpha value is -1.46. The molecule has 0 aliphatic carbocycles. The lowest BCUT2D eigenvalue weighted by molar-refractivity contribution is -0.0516. The first kappa shape index (κ1) is 15.9. The molecule has 0 saturated carbocycles. The number of sulfonamides is 1. The van der Waals surface area contributed by atoms with Crippen molar-refractivity contribution in [2.75, 3.05) is 19.8 Å². The lowest BCUT2D eigenvalue weighted by Crippen LogP contribution is -2.51. The van der Waals surface area contributed by atoms with Crippen molar-refractivity contribution in [1.29, 1.82) is 5.26 Å². The number of aliphatic hydroxyl groups excluding tert-OH is 1. The van der Waals surface area contributed by atoms with Gasteiger partial charge in [0.15, 0.2) is 0 Å². The minimum atomic E-state index is -3.67. The van der Waals surface area contributed by atoms with Gasteiger partial charge < -0.3 is 9.84 Å². The molecule has 0 spiro atoms. The molecule has 1 saturated heterocycles. The number of nitrogens with zero attached hydrogens (tertiary/aromatic N) is 2. The van der Waals surface area contributed by atoms with Crippen LogP contribution in [0, 0.1) is 18.3 Å². The van der Waals surface area contributed by atoms with Gasteiger partial charge in [0.25, 0.3) is 0 Å². The Bertz CT molecular complexity index is 666. The summed E-state index contributed by atoms with van der Waals surface area (Å²) in [5, 5.41) is 18.1. The minimum Gasteiger partial charge on any atom is -0.394 e. The molecule has 1 fully saturated rings. The van der Waals surface area contributed by atoms with Crippen molar-refractivity contribution < 1.29 is 18.3 Å². The van der Waals surface area contributed by atoms with Crippen LogP contribution in [0.5, 0.6) is 0 Å². The van der Waals surface area contributed by atoms with E-state index in [-0.39, 0.29) is 30.7 Å². The predicted molar refractivity (Wildman–Crippen MR) is 76.1 cm³/mol. The third-order valence-corrected chi connectivity index (χ3v) is 5.55. The molecule has 7 heteroatoms. The van der Waals surface area contributed by atoms with Crippen LogP contribution in [0.15, 0.2) is 23.1 Å². The monoisotopic (exact) mass is 310 g/mol. The quantitative estimate of drug-likeness (QED) is 0.884. The van der Waals surface area contributed by atoms with Crippen LogP contribution in [-0.4, -0.2) is 49.7 Å². The van der Waals surface area contributed by atoms with Gasteiger partial charge in [0.2, 0.25) is 10.0 Å². The van der Waals surface area contributed by atoms with Crippen LogP contribution < -0.4 is 0 Å². The van der Waals surface area contributed by atoms with E-state index in [9.17, 15) is 8.42 Å². The molecule has 114 valence electrons. The number of aryl methyl sites for hydroxylation is 1. The van der Waals surface area contributed by atoms with Crippen LogP contribution in [-0.2, 0) is 14.8 Å². The third kappa shape index (κ3) is 3.09. The topological polar surface area (TPSA) is 90.6 Å². The summed E-state index contributed by atoms with van der Waals surface area (Å²) in [6.45, 7) is 3.63. The van der Waals surface area contributed by atoms with Crippen LogP contribution >= 0.6 is 0 Å². The number of hydrogen-bond acceptors (Lipinski definition) is 5. The smallest absolute Gasteiger partial charge is 0.243 e. The highest BCUT2D eigenvalue weighted by atomic mass is 32.2. The van der Waals surface area contributed by atoms with E-state index in [1.54, 1.807) is 13.8 Å². The molecule has 0 radical (unpaired) electrons. The van der Waals surface area contributed by atoms with Crippen LogP contribution in [0.25, 0.3) is 0 Å². The SMILES string of the molecule is Cc1cc(S(=O)(=O)N2CC(CO)OCC2C)ccc1C#N. The molecule has 0 aromatic heterocycles. The third-order valence-electron chi connectivity index (χ3n) is 3.58. The van der Waals surface area contributed by atoms with E-state index in [1.165, 1.54) is 22.5 Å². The maximum Gasteiger partial charge on any atom is 0.243 e. The highest BCUT2D eigenvalue weighted by molar-refractivity contribution is 7.89. The lowest BCUT2D eigenvalue weighted by atomic mass is 10.1. The van der Waals surface area contributed by atoms with E-state index >= 15 is 0 Å². The Labute approximate surface area is 124 Å². The van der Waals surface area contributed by atoms with Crippen molar-refractivity contribution in [1.82, 2.24) is 4.31 Å². The van der Waals surface area contributed by atoms with Crippen molar-refractivity contribution in [2.24, 2.45) is 0 Å². The van der Waals surface area contributed by atoms with Gasteiger partial charge in [-0.3, -0.25) is 0 Å². The summed E-state index contributed by atoms with van der Waals surface area (Å²) in [5.41, 5.74) is 1.08. The molecule has 1 heterocycles. The number of rotatable bonds is 3. The maximum absolute atomic E-state index is 12.7. The Morgan fingerprint density at radius 1 is 1.52 bits per heavy atom. The average Bonchev–Trinajstić information content (AvgIpc) is 2.47. The zero-order valence-corrected chi connectivity index (χ0v) is 12.8. The first-order valence-corrected chi connectivity index (χ1v) is 8.09. The molecule has 1 aromatic rings. The molecule has 2 unspecified atom stereocenters. The summed E-state index contributed by atoms with van der Waals surface area (Å²) in [6, 6.07) is 6.18. The summed E-state index contributed by atoms with van der Waals surface area (Å²) in [7, 11) is -3.67. The first-order valence-electron chi connectivity index (χ1n) is 6.65. The van der Waals surface area contributed by atoms with Gasteiger partial charge in [-0.15, -0.1) is 0 Å². The normalized spacial score (nSPS) is 23.7. The molecule has 21 heavy (non-hydrogen) atoms. The highest BCUT2D eigenvalue weighted by Crippen LogP contribution is 2.24. The number of nitriles is 1. The second-order valence-electron chi connectivity index (χ2n) is 5.15. The number of hydrogen-bond donors (Lipinski definition) is 1. The summed E-state index contributed by atoms with van der Waals surface area (Å²) in [5.74, 6) is 0. The molecule has 1 aliphatic rings. The lowest BCUT2D eigenvalue weighted by Gasteiger charge is -2.36. The zero-order chi connectivity index (χ0) is 15.6. The molecule has 0 bridgehead atoms. The molecule has 0 amide bonds. The Morgan fingerprint density at radius 3 is 2.81 bits per heavy atom. The minimum absolute atomic E-state index is 0.124. The average molecular weight is 310 g/mol. The van der Waals surface area contributed by atoms with Crippen molar-refractivity contribution >= 4 is 10.0 Å². The second-order valence-corrected chi connectivity index (χ2v) is 7.04. The van der Waals surface area contributed by atoms with Crippen molar-refractivity contribution in [3.05, 3.63) is 29.3 Å². The fourth-order valence-electron chi connectivity index (χ4n) is 2.29. The van der Waals surface area contributed by atoms with Crippen LogP contribution in [0.3, 0.4) is 0 Å². The summed E-state index contributed by atoms with van der Waals surface area (Å²) >= 11 is 0. The predicted octanol–water partition coefficient (Wildman–Crippen LogP) is 0.637. The zero-order valence-electron chi connectivity index (χ0n) is 12.0. The molecule has 1 N–H and O–H groups in total. The fraction of sp³-hybridized carbons (Fsp3) is 0.500. The van der Waals surface area contributed by atoms with Gasteiger partial charge in [-0.05, 0) is 37.6 Å². The molecule has 1 aromatic carbocycles. The molecule has 2 rings (SSSR count). The largest absolute Gasteiger partial charge is 0.394 e. The van der Waals surface area contributed by atoms with E-state index in [0.717, 1.165) is 0 Å². The summed E-state index contributed by atoms with van der Waals surface area (Å²) in [4.78, 5) is 0.157. The number of benzene rings is 1. The van der Waals surface area contributed by atoms with Crippen LogP contribution in [0.4, 0.5) is 0 Å². The van der Waals surface area contributed by atoms with Crippen molar-refractivity contribution in [3.63, 3.8) is 0 Å².